The highest BCUT2D eigenvalue weighted by atomic mass is 16.5. The van der Waals surface area contributed by atoms with Gasteiger partial charge in [-0.1, -0.05) is 6.92 Å². The van der Waals surface area contributed by atoms with Gasteiger partial charge in [-0.25, -0.2) is 0 Å². The van der Waals surface area contributed by atoms with Crippen molar-refractivity contribution in [3.8, 4) is 0 Å². The third-order valence-corrected chi connectivity index (χ3v) is 1.59. The van der Waals surface area contributed by atoms with Crippen LogP contribution in [0.3, 0.4) is 0 Å². The highest BCUT2D eigenvalue weighted by Gasteiger charge is 2.12. The van der Waals surface area contributed by atoms with Crippen LogP contribution in [0.25, 0.3) is 0 Å². The Morgan fingerprint density at radius 3 is 2.54 bits per heavy atom. The molecule has 0 aliphatic rings. The Hall–Kier alpha value is -1.10. The summed E-state index contributed by atoms with van der Waals surface area (Å²) in [6, 6.07) is 0. The molecule has 0 heterocycles. The standard InChI is InChI=1S/C8H16N2O3/c1-6(4-9-2)8(12)10-5-7(11)13-3/h6,9H,4-5H2,1-3H3,(H,10,12). The molecule has 0 spiro atoms. The summed E-state index contributed by atoms with van der Waals surface area (Å²) in [5.41, 5.74) is 0. The predicted octanol–water partition coefficient (Wildman–Crippen LogP) is -0.869. The number of esters is 1. The van der Waals surface area contributed by atoms with Gasteiger partial charge in [0.25, 0.3) is 0 Å². The van der Waals surface area contributed by atoms with E-state index in [9.17, 15) is 9.59 Å². The van der Waals surface area contributed by atoms with Gasteiger partial charge in [0.1, 0.15) is 6.54 Å². The van der Waals surface area contributed by atoms with Crippen LogP contribution in [0.2, 0.25) is 0 Å². The molecule has 0 rings (SSSR count). The first-order valence-corrected chi connectivity index (χ1v) is 4.11. The van der Waals surface area contributed by atoms with Gasteiger partial charge in [-0.05, 0) is 7.05 Å². The fraction of sp³-hybridized carbons (Fsp3) is 0.750. The molecule has 2 N–H and O–H groups in total. The summed E-state index contributed by atoms with van der Waals surface area (Å²) >= 11 is 0. The Balaban J connectivity index is 3.67. The van der Waals surface area contributed by atoms with E-state index in [0.29, 0.717) is 6.54 Å². The van der Waals surface area contributed by atoms with Crippen LogP contribution in [-0.2, 0) is 14.3 Å². The Morgan fingerprint density at radius 2 is 2.08 bits per heavy atom. The van der Waals surface area contributed by atoms with E-state index < -0.39 is 5.97 Å². The van der Waals surface area contributed by atoms with Gasteiger partial charge in [0, 0.05) is 12.5 Å². The molecule has 0 radical (unpaired) electrons. The van der Waals surface area contributed by atoms with Crippen LogP contribution < -0.4 is 10.6 Å². The molecule has 0 saturated heterocycles. The number of ether oxygens (including phenoxy) is 1. The fourth-order valence-electron chi connectivity index (χ4n) is 0.805. The van der Waals surface area contributed by atoms with Crippen molar-refractivity contribution >= 4 is 11.9 Å². The summed E-state index contributed by atoms with van der Waals surface area (Å²) in [5, 5.41) is 5.34. The lowest BCUT2D eigenvalue weighted by Gasteiger charge is -2.10. The van der Waals surface area contributed by atoms with E-state index in [0.717, 1.165) is 0 Å². The molecule has 0 aliphatic carbocycles. The monoisotopic (exact) mass is 188 g/mol. The summed E-state index contributed by atoms with van der Waals surface area (Å²) in [6.45, 7) is 2.31. The molecular formula is C8H16N2O3. The average molecular weight is 188 g/mol. The zero-order valence-electron chi connectivity index (χ0n) is 8.22. The maximum atomic E-state index is 11.2. The number of carbonyl (C=O) groups is 2. The maximum Gasteiger partial charge on any atom is 0.325 e. The number of methoxy groups -OCH3 is 1. The van der Waals surface area contributed by atoms with Crippen LogP contribution in [0.1, 0.15) is 6.92 Å². The molecule has 5 heteroatoms. The predicted molar refractivity (Wildman–Crippen MR) is 48.1 cm³/mol. The molecule has 0 fully saturated rings. The number of hydrogen-bond acceptors (Lipinski definition) is 4. The number of carbonyl (C=O) groups excluding carboxylic acids is 2. The summed E-state index contributed by atoms with van der Waals surface area (Å²) in [7, 11) is 3.05. The molecule has 0 aromatic heterocycles. The van der Waals surface area contributed by atoms with Crippen LogP contribution >= 0.6 is 0 Å². The Bertz CT molecular complexity index is 182. The number of rotatable bonds is 5. The quantitative estimate of drug-likeness (QED) is 0.550. The lowest BCUT2D eigenvalue weighted by atomic mass is 10.1. The molecule has 0 saturated carbocycles. The Labute approximate surface area is 77.8 Å². The summed E-state index contributed by atoms with van der Waals surface area (Å²) in [6.07, 6.45) is 0. The van der Waals surface area contributed by atoms with E-state index in [4.69, 9.17) is 0 Å². The minimum Gasteiger partial charge on any atom is -0.468 e. The van der Waals surface area contributed by atoms with Gasteiger partial charge in [0.05, 0.1) is 7.11 Å². The second-order valence-corrected chi connectivity index (χ2v) is 2.75. The lowest BCUT2D eigenvalue weighted by Crippen LogP contribution is -2.37. The highest BCUT2D eigenvalue weighted by Crippen LogP contribution is 1.91. The first-order valence-electron chi connectivity index (χ1n) is 4.11. The number of amides is 1. The average Bonchev–Trinajstić information content (AvgIpc) is 2.13. The van der Waals surface area contributed by atoms with E-state index in [2.05, 4.69) is 15.4 Å². The molecule has 1 atom stereocenters. The second-order valence-electron chi connectivity index (χ2n) is 2.75. The first-order chi connectivity index (χ1) is 6.11. The molecule has 0 aromatic carbocycles. The van der Waals surface area contributed by atoms with Crippen molar-refractivity contribution in [1.82, 2.24) is 10.6 Å². The van der Waals surface area contributed by atoms with E-state index >= 15 is 0 Å². The normalized spacial score (nSPS) is 11.9. The third kappa shape index (κ3) is 5.19. The molecular weight excluding hydrogens is 172 g/mol. The molecule has 0 aromatic rings. The highest BCUT2D eigenvalue weighted by molar-refractivity contribution is 5.83. The van der Waals surface area contributed by atoms with E-state index in [1.807, 2.05) is 0 Å². The fourth-order valence-corrected chi connectivity index (χ4v) is 0.805. The lowest BCUT2D eigenvalue weighted by molar-refractivity contribution is -0.141. The van der Waals surface area contributed by atoms with Gasteiger partial charge < -0.3 is 15.4 Å². The van der Waals surface area contributed by atoms with Crippen LogP contribution in [-0.4, -0.2) is 39.1 Å². The summed E-state index contributed by atoms with van der Waals surface area (Å²) in [4.78, 5) is 21.8. The molecule has 0 aliphatic heterocycles. The molecule has 1 amide bonds. The van der Waals surface area contributed by atoms with Crippen molar-refractivity contribution in [2.24, 2.45) is 5.92 Å². The smallest absolute Gasteiger partial charge is 0.325 e. The molecule has 13 heavy (non-hydrogen) atoms. The van der Waals surface area contributed by atoms with Gasteiger partial charge >= 0.3 is 5.97 Å². The van der Waals surface area contributed by atoms with Gasteiger partial charge in [-0.2, -0.15) is 0 Å². The van der Waals surface area contributed by atoms with Crippen molar-refractivity contribution in [1.29, 1.82) is 0 Å². The Morgan fingerprint density at radius 1 is 1.46 bits per heavy atom. The Kier molecular flexibility index (Phi) is 5.88. The number of nitrogens with one attached hydrogen (secondary N) is 2. The van der Waals surface area contributed by atoms with Crippen LogP contribution in [0.15, 0.2) is 0 Å². The van der Waals surface area contributed by atoms with E-state index in [1.54, 1.807) is 14.0 Å². The van der Waals surface area contributed by atoms with Crippen LogP contribution in [0, 0.1) is 5.92 Å². The van der Waals surface area contributed by atoms with Gasteiger partial charge in [-0.3, -0.25) is 9.59 Å². The zero-order valence-corrected chi connectivity index (χ0v) is 8.22. The summed E-state index contributed by atoms with van der Waals surface area (Å²) in [5.74, 6) is -0.737. The van der Waals surface area contributed by atoms with Crippen molar-refractivity contribution < 1.29 is 14.3 Å². The minimum absolute atomic E-state index is 0.0661. The van der Waals surface area contributed by atoms with Gasteiger partial charge in [-0.15, -0.1) is 0 Å². The minimum atomic E-state index is -0.440. The van der Waals surface area contributed by atoms with Crippen molar-refractivity contribution in [3.63, 3.8) is 0 Å². The van der Waals surface area contributed by atoms with Crippen molar-refractivity contribution in [2.75, 3.05) is 27.2 Å². The zero-order chi connectivity index (χ0) is 10.3. The van der Waals surface area contributed by atoms with Gasteiger partial charge in [0.15, 0.2) is 0 Å². The molecule has 1 unspecified atom stereocenters. The van der Waals surface area contributed by atoms with E-state index in [-0.39, 0.29) is 18.4 Å². The topological polar surface area (TPSA) is 67.4 Å². The van der Waals surface area contributed by atoms with Crippen molar-refractivity contribution in [2.45, 2.75) is 6.92 Å². The SMILES string of the molecule is CNCC(C)C(=O)NCC(=O)OC. The van der Waals surface area contributed by atoms with E-state index in [1.165, 1.54) is 7.11 Å². The van der Waals surface area contributed by atoms with Crippen LogP contribution in [0.4, 0.5) is 0 Å². The molecule has 5 nitrogen and oxygen atoms in total. The van der Waals surface area contributed by atoms with Crippen LogP contribution in [0.5, 0.6) is 0 Å². The molecule has 0 bridgehead atoms. The number of hydrogen-bond donors (Lipinski definition) is 2. The second kappa shape index (κ2) is 6.42. The first kappa shape index (κ1) is 11.9. The maximum absolute atomic E-state index is 11.2. The summed E-state index contributed by atoms with van der Waals surface area (Å²) < 4.78 is 4.37. The largest absolute Gasteiger partial charge is 0.468 e. The third-order valence-electron chi connectivity index (χ3n) is 1.59. The van der Waals surface area contributed by atoms with Gasteiger partial charge in [0.2, 0.25) is 5.91 Å². The molecule has 76 valence electrons. The van der Waals surface area contributed by atoms with Crippen molar-refractivity contribution in [3.05, 3.63) is 0 Å².